The van der Waals surface area contributed by atoms with Crippen LogP contribution in [-0.4, -0.2) is 5.11 Å². The fourth-order valence-corrected chi connectivity index (χ4v) is 1.57. The first-order valence-electron chi connectivity index (χ1n) is 2.84. The molecule has 9 heavy (non-hydrogen) atoms. The van der Waals surface area contributed by atoms with E-state index in [2.05, 4.69) is 0 Å². The highest BCUT2D eigenvalue weighted by molar-refractivity contribution is 7.07. The number of thiazole rings is 1. The lowest BCUT2D eigenvalue weighted by atomic mass is 10.5. The summed E-state index contributed by atoms with van der Waals surface area (Å²) >= 11 is 1.60. The molecule has 3 heteroatoms. The highest BCUT2D eigenvalue weighted by Gasteiger charge is 2.11. The maximum absolute atomic E-state index is 9.06. The molecule has 1 atom stereocenters. The fraction of sp³-hybridized carbons (Fsp3) is 0.500. The normalized spacial score (nSPS) is 13.7. The predicted octanol–water partition coefficient (Wildman–Crippen LogP) is 0.855. The van der Waals surface area contributed by atoms with Crippen LogP contribution in [0.15, 0.2) is 10.9 Å². The van der Waals surface area contributed by atoms with Crippen molar-refractivity contribution in [3.63, 3.8) is 0 Å². The summed E-state index contributed by atoms with van der Waals surface area (Å²) in [5, 5.41) is 11.1. The molecule has 2 nitrogen and oxygen atoms in total. The van der Waals surface area contributed by atoms with E-state index < -0.39 is 6.23 Å². The van der Waals surface area contributed by atoms with E-state index in [1.165, 1.54) is 0 Å². The number of nitrogens with zero attached hydrogens (tertiary/aromatic N) is 1. The van der Waals surface area contributed by atoms with Crippen molar-refractivity contribution in [1.82, 2.24) is 0 Å². The molecule has 1 aromatic rings. The zero-order valence-electron chi connectivity index (χ0n) is 5.53. The van der Waals surface area contributed by atoms with Crippen LogP contribution in [0.1, 0.15) is 18.8 Å². The van der Waals surface area contributed by atoms with E-state index in [4.69, 9.17) is 5.11 Å². The Bertz CT molecular complexity index is 195. The summed E-state index contributed by atoms with van der Waals surface area (Å²) in [7, 11) is 0. The van der Waals surface area contributed by atoms with E-state index in [9.17, 15) is 0 Å². The fourth-order valence-electron chi connectivity index (χ4n) is 0.721. The van der Waals surface area contributed by atoms with Gasteiger partial charge in [0.1, 0.15) is 0 Å². The zero-order chi connectivity index (χ0) is 6.85. The lowest BCUT2D eigenvalue weighted by Crippen LogP contribution is -2.37. The van der Waals surface area contributed by atoms with Gasteiger partial charge in [-0.25, -0.2) is 0 Å². The van der Waals surface area contributed by atoms with Crippen molar-refractivity contribution in [2.75, 3.05) is 0 Å². The van der Waals surface area contributed by atoms with Crippen LogP contribution in [0.5, 0.6) is 0 Å². The molecular formula is C6H10NOS+. The molecule has 50 valence electrons. The minimum atomic E-state index is -0.392. The lowest BCUT2D eigenvalue weighted by molar-refractivity contribution is -0.756. The van der Waals surface area contributed by atoms with Crippen molar-refractivity contribution >= 4 is 11.3 Å². The summed E-state index contributed by atoms with van der Waals surface area (Å²) in [4.78, 5) is 0. The first-order valence-corrected chi connectivity index (χ1v) is 3.78. The summed E-state index contributed by atoms with van der Waals surface area (Å²) in [5.41, 5.74) is 3.01. The Kier molecular flexibility index (Phi) is 1.83. The first-order chi connectivity index (χ1) is 4.22. The minimum absolute atomic E-state index is 0.392. The van der Waals surface area contributed by atoms with Gasteiger partial charge in [-0.3, -0.25) is 0 Å². The molecule has 0 aliphatic carbocycles. The van der Waals surface area contributed by atoms with Crippen molar-refractivity contribution in [3.05, 3.63) is 16.6 Å². The van der Waals surface area contributed by atoms with Crippen molar-refractivity contribution in [1.29, 1.82) is 0 Å². The average Bonchev–Trinajstić information content (AvgIpc) is 2.13. The van der Waals surface area contributed by atoms with E-state index in [1.807, 2.05) is 22.4 Å². The average molecular weight is 144 g/mol. The summed E-state index contributed by atoms with van der Waals surface area (Å²) in [5.74, 6) is 0. The number of rotatable bonds is 1. The summed E-state index contributed by atoms with van der Waals surface area (Å²) in [6, 6.07) is 0. The molecule has 0 aliphatic heterocycles. The largest absolute Gasteiger partial charge is 0.337 e. The van der Waals surface area contributed by atoms with Crippen LogP contribution in [0, 0.1) is 6.92 Å². The van der Waals surface area contributed by atoms with Crippen LogP contribution in [-0.2, 0) is 0 Å². The number of aryl methyl sites for hydroxylation is 1. The van der Waals surface area contributed by atoms with E-state index in [0.717, 1.165) is 5.69 Å². The quantitative estimate of drug-likeness (QED) is 0.581. The third-order valence-electron chi connectivity index (χ3n) is 1.22. The maximum atomic E-state index is 9.06. The van der Waals surface area contributed by atoms with E-state index in [-0.39, 0.29) is 0 Å². The first kappa shape index (κ1) is 6.71. The van der Waals surface area contributed by atoms with Gasteiger partial charge in [-0.15, -0.1) is 0 Å². The summed E-state index contributed by atoms with van der Waals surface area (Å²) < 4.78 is 1.82. The smallest absolute Gasteiger partial charge is 0.258 e. The lowest BCUT2D eigenvalue weighted by Gasteiger charge is -1.94. The second kappa shape index (κ2) is 2.45. The summed E-state index contributed by atoms with van der Waals surface area (Å²) in [6.07, 6.45) is -0.392. The van der Waals surface area contributed by atoms with Crippen molar-refractivity contribution in [2.45, 2.75) is 20.1 Å². The highest BCUT2D eigenvalue weighted by atomic mass is 32.1. The second-order valence-electron chi connectivity index (χ2n) is 2.04. The monoisotopic (exact) mass is 144 g/mol. The Hall–Kier alpha value is -0.410. The van der Waals surface area contributed by atoms with E-state index >= 15 is 0 Å². The number of aliphatic hydroxyl groups excluding tert-OH is 1. The van der Waals surface area contributed by atoms with Crippen LogP contribution in [0.2, 0.25) is 0 Å². The van der Waals surface area contributed by atoms with E-state index in [0.29, 0.717) is 0 Å². The Morgan fingerprint density at radius 2 is 2.44 bits per heavy atom. The van der Waals surface area contributed by atoms with Crippen molar-refractivity contribution in [3.8, 4) is 0 Å². The van der Waals surface area contributed by atoms with Gasteiger partial charge in [0.05, 0.1) is 5.38 Å². The molecule has 0 saturated heterocycles. The van der Waals surface area contributed by atoms with Gasteiger partial charge in [0.2, 0.25) is 5.51 Å². The Labute approximate surface area is 58.4 Å². The van der Waals surface area contributed by atoms with Crippen LogP contribution in [0.25, 0.3) is 0 Å². The van der Waals surface area contributed by atoms with Gasteiger partial charge in [0, 0.05) is 13.8 Å². The number of hydrogen-bond acceptors (Lipinski definition) is 2. The number of hydrogen-bond donors (Lipinski definition) is 1. The van der Waals surface area contributed by atoms with Crippen LogP contribution in [0.4, 0.5) is 0 Å². The Morgan fingerprint density at radius 3 is 2.67 bits per heavy atom. The van der Waals surface area contributed by atoms with Gasteiger partial charge in [-0.05, 0) is 0 Å². The number of aromatic nitrogens is 1. The molecule has 0 amide bonds. The predicted molar refractivity (Wildman–Crippen MR) is 36.2 cm³/mol. The van der Waals surface area contributed by atoms with Gasteiger partial charge in [0.25, 0.3) is 6.23 Å². The Morgan fingerprint density at radius 1 is 1.78 bits per heavy atom. The minimum Gasteiger partial charge on any atom is -0.337 e. The molecule has 1 N–H and O–H groups in total. The molecule has 0 aliphatic rings. The molecule has 1 rings (SSSR count). The maximum Gasteiger partial charge on any atom is 0.258 e. The number of aliphatic hydroxyl groups is 1. The van der Waals surface area contributed by atoms with Gasteiger partial charge >= 0.3 is 0 Å². The molecule has 1 aromatic heterocycles. The third-order valence-corrected chi connectivity index (χ3v) is 2.05. The standard InChI is InChI=1S/C6H10NOS/c1-5-3-9-4-7(5)6(2)8/h3-4,6,8H,1-2H3/q+1. The molecule has 0 fully saturated rings. The molecule has 1 heterocycles. The van der Waals surface area contributed by atoms with Crippen LogP contribution in [0.3, 0.4) is 0 Å². The molecule has 0 saturated carbocycles. The highest BCUT2D eigenvalue weighted by Crippen LogP contribution is 1.99. The van der Waals surface area contributed by atoms with Crippen molar-refractivity contribution in [2.24, 2.45) is 0 Å². The van der Waals surface area contributed by atoms with E-state index in [1.54, 1.807) is 18.3 Å². The topological polar surface area (TPSA) is 24.1 Å². The van der Waals surface area contributed by atoms with Gasteiger partial charge in [-0.2, -0.15) is 4.57 Å². The van der Waals surface area contributed by atoms with Crippen molar-refractivity contribution < 1.29 is 9.67 Å². The SMILES string of the molecule is Cc1csc[n+]1C(C)O. The third kappa shape index (κ3) is 1.28. The zero-order valence-corrected chi connectivity index (χ0v) is 6.35. The van der Waals surface area contributed by atoms with Gasteiger partial charge in [0.15, 0.2) is 5.69 Å². The molecule has 0 bridgehead atoms. The molecule has 1 unspecified atom stereocenters. The second-order valence-corrected chi connectivity index (χ2v) is 2.76. The molecule has 0 spiro atoms. The molecule has 0 aromatic carbocycles. The van der Waals surface area contributed by atoms with Gasteiger partial charge in [-0.1, -0.05) is 11.3 Å². The molecular weight excluding hydrogens is 134 g/mol. The van der Waals surface area contributed by atoms with Crippen LogP contribution >= 0.6 is 11.3 Å². The summed E-state index contributed by atoms with van der Waals surface area (Å²) in [6.45, 7) is 3.73. The van der Waals surface area contributed by atoms with Crippen LogP contribution < -0.4 is 4.57 Å². The molecule has 0 radical (unpaired) electrons. The van der Waals surface area contributed by atoms with Gasteiger partial charge < -0.3 is 5.11 Å². The Balaban J connectivity index is 2.94.